The average Bonchev–Trinajstić information content (AvgIpc) is 2.57. The Hall–Kier alpha value is -3.55. The third-order valence-electron chi connectivity index (χ3n) is 2.76. The lowest BCUT2D eigenvalue weighted by molar-refractivity contribution is 1.18. The highest BCUT2D eigenvalue weighted by Gasteiger charge is 2.07. The van der Waals surface area contributed by atoms with Gasteiger partial charge >= 0.3 is 0 Å². The van der Waals surface area contributed by atoms with E-state index in [0.717, 1.165) is 5.69 Å². The summed E-state index contributed by atoms with van der Waals surface area (Å²) in [5.41, 5.74) is 13.5. The molecular formula is C16H20N8. The van der Waals surface area contributed by atoms with Crippen LogP contribution in [0.15, 0.2) is 48.2 Å². The van der Waals surface area contributed by atoms with Gasteiger partial charge in [-0.2, -0.15) is 4.98 Å². The zero-order valence-corrected chi connectivity index (χ0v) is 13.2. The Morgan fingerprint density at radius 2 is 2.04 bits per heavy atom. The van der Waals surface area contributed by atoms with Gasteiger partial charge in [0.05, 0.1) is 0 Å². The minimum absolute atomic E-state index is 0.183. The van der Waals surface area contributed by atoms with Crippen LogP contribution in [0.2, 0.25) is 0 Å². The smallest absolute Gasteiger partial charge is 0.221 e. The molecule has 0 aliphatic carbocycles. The van der Waals surface area contributed by atoms with Crippen molar-refractivity contribution in [2.24, 2.45) is 4.99 Å². The van der Waals surface area contributed by atoms with Crippen LogP contribution in [-0.4, -0.2) is 28.6 Å². The third-order valence-corrected chi connectivity index (χ3v) is 2.76. The van der Waals surface area contributed by atoms with Crippen LogP contribution in [0.5, 0.6) is 0 Å². The third kappa shape index (κ3) is 5.68. The van der Waals surface area contributed by atoms with Crippen molar-refractivity contribution >= 4 is 41.8 Å². The minimum atomic E-state index is 0.183. The Labute approximate surface area is 140 Å². The molecule has 124 valence electrons. The summed E-state index contributed by atoms with van der Waals surface area (Å²) in [5, 5.41) is 18.0. The maximum atomic E-state index is 7.88. The standard InChI is InChI=1S/C13H15N7.C3H5N/c14-5-3-11(16)9-7-8(1-2-10(9)15)19-12-4-6-18-13(17)20-12;1-3-4-2/h1-2,4-7,14,16H,3,15H2,(H3,17,18,19,20);3H,1-2H2. The van der Waals surface area contributed by atoms with Gasteiger partial charge in [-0.1, -0.05) is 6.58 Å². The molecule has 0 saturated heterocycles. The predicted octanol–water partition coefficient (Wildman–Crippen LogP) is 2.62. The molecule has 1 aromatic carbocycles. The first-order valence-electron chi connectivity index (χ1n) is 6.90. The van der Waals surface area contributed by atoms with Gasteiger partial charge in [0, 0.05) is 47.7 Å². The second-order valence-electron chi connectivity index (χ2n) is 4.48. The number of nitrogens with zero attached hydrogens (tertiary/aromatic N) is 3. The van der Waals surface area contributed by atoms with Gasteiger partial charge in [-0.25, -0.2) is 4.98 Å². The second kappa shape index (κ2) is 9.46. The molecule has 0 amide bonds. The topological polar surface area (TPSA) is 150 Å². The highest BCUT2D eigenvalue weighted by molar-refractivity contribution is 6.08. The van der Waals surface area contributed by atoms with Gasteiger partial charge in [-0.05, 0) is 31.0 Å². The van der Waals surface area contributed by atoms with Gasteiger partial charge in [0.15, 0.2) is 0 Å². The number of hydrogen-bond donors (Lipinski definition) is 5. The first kappa shape index (κ1) is 18.5. The quantitative estimate of drug-likeness (QED) is 0.409. The second-order valence-corrected chi connectivity index (χ2v) is 4.48. The first-order chi connectivity index (χ1) is 11.5. The average molecular weight is 324 g/mol. The maximum absolute atomic E-state index is 7.88. The Morgan fingerprint density at radius 3 is 2.62 bits per heavy atom. The molecule has 8 nitrogen and oxygen atoms in total. The van der Waals surface area contributed by atoms with Crippen LogP contribution < -0.4 is 16.8 Å². The van der Waals surface area contributed by atoms with Crippen LogP contribution in [0.1, 0.15) is 12.0 Å². The summed E-state index contributed by atoms with van der Waals surface area (Å²) in [4.78, 5) is 11.1. The Balaban J connectivity index is 0.000000648. The van der Waals surface area contributed by atoms with Gasteiger partial charge < -0.3 is 27.6 Å². The van der Waals surface area contributed by atoms with Crippen molar-refractivity contribution in [1.29, 1.82) is 10.8 Å². The number of aromatic nitrogens is 2. The molecule has 2 rings (SSSR count). The highest BCUT2D eigenvalue weighted by atomic mass is 15.1. The fourth-order valence-electron chi connectivity index (χ4n) is 1.70. The summed E-state index contributed by atoms with van der Waals surface area (Å²) in [6, 6.07) is 6.93. The summed E-state index contributed by atoms with van der Waals surface area (Å²) in [7, 11) is 0. The van der Waals surface area contributed by atoms with Gasteiger partial charge in [-0.3, -0.25) is 4.99 Å². The van der Waals surface area contributed by atoms with Crippen molar-refractivity contribution in [2.45, 2.75) is 6.42 Å². The van der Waals surface area contributed by atoms with Gasteiger partial charge in [-0.15, -0.1) is 0 Å². The molecule has 0 saturated carbocycles. The number of nitrogens with two attached hydrogens (primary N) is 2. The molecule has 0 spiro atoms. The van der Waals surface area contributed by atoms with Crippen molar-refractivity contribution < 1.29 is 0 Å². The molecule has 0 bridgehead atoms. The van der Waals surface area contributed by atoms with Crippen LogP contribution in [-0.2, 0) is 0 Å². The molecule has 7 N–H and O–H groups in total. The van der Waals surface area contributed by atoms with Crippen LogP contribution >= 0.6 is 0 Å². The molecule has 0 aliphatic heterocycles. The molecule has 2 aromatic rings. The first-order valence-corrected chi connectivity index (χ1v) is 6.90. The summed E-state index contributed by atoms with van der Waals surface area (Å²) in [6.45, 7) is 6.36. The molecule has 0 unspecified atom stereocenters. The zero-order valence-electron chi connectivity index (χ0n) is 13.2. The molecule has 1 aromatic heterocycles. The van der Waals surface area contributed by atoms with Gasteiger partial charge in [0.2, 0.25) is 5.95 Å². The largest absolute Gasteiger partial charge is 0.398 e. The number of anilines is 4. The van der Waals surface area contributed by atoms with Crippen LogP contribution in [0.3, 0.4) is 0 Å². The number of rotatable bonds is 6. The molecule has 0 fully saturated rings. The van der Waals surface area contributed by atoms with E-state index in [1.807, 2.05) is 0 Å². The van der Waals surface area contributed by atoms with E-state index in [0.29, 0.717) is 22.8 Å². The lowest BCUT2D eigenvalue weighted by atomic mass is 10.0. The summed E-state index contributed by atoms with van der Waals surface area (Å²) < 4.78 is 0. The Bertz CT molecular complexity index is 733. The zero-order chi connectivity index (χ0) is 17.9. The lowest BCUT2D eigenvalue weighted by Crippen LogP contribution is -2.05. The molecule has 0 aliphatic rings. The van der Waals surface area contributed by atoms with Crippen molar-refractivity contribution in [3.8, 4) is 0 Å². The molecule has 24 heavy (non-hydrogen) atoms. The normalized spacial score (nSPS) is 9.17. The molecular weight excluding hydrogens is 304 g/mol. The van der Waals surface area contributed by atoms with E-state index in [-0.39, 0.29) is 12.4 Å². The van der Waals surface area contributed by atoms with E-state index < -0.39 is 0 Å². The van der Waals surface area contributed by atoms with Crippen molar-refractivity contribution in [3.63, 3.8) is 0 Å². The van der Waals surface area contributed by atoms with Crippen molar-refractivity contribution in [1.82, 2.24) is 9.97 Å². The van der Waals surface area contributed by atoms with Crippen molar-refractivity contribution in [3.05, 3.63) is 48.8 Å². The molecule has 8 heteroatoms. The Kier molecular flexibility index (Phi) is 7.29. The molecule has 0 atom stereocenters. The predicted molar refractivity (Wildman–Crippen MR) is 101 cm³/mol. The molecule has 1 heterocycles. The van der Waals surface area contributed by atoms with E-state index >= 15 is 0 Å². The van der Waals surface area contributed by atoms with E-state index in [1.165, 1.54) is 12.4 Å². The maximum Gasteiger partial charge on any atom is 0.221 e. The fraction of sp³-hybridized carbons (Fsp3) is 0.0625. The summed E-state index contributed by atoms with van der Waals surface area (Å²) in [5.74, 6) is 0.744. The monoisotopic (exact) mass is 324 g/mol. The fourth-order valence-corrected chi connectivity index (χ4v) is 1.70. The number of benzene rings is 1. The van der Waals surface area contributed by atoms with Crippen LogP contribution in [0, 0.1) is 10.8 Å². The van der Waals surface area contributed by atoms with Crippen LogP contribution in [0.4, 0.5) is 23.1 Å². The summed E-state index contributed by atoms with van der Waals surface area (Å²) in [6.07, 6.45) is 4.36. The van der Waals surface area contributed by atoms with Crippen molar-refractivity contribution in [2.75, 3.05) is 16.8 Å². The van der Waals surface area contributed by atoms with Crippen LogP contribution in [0.25, 0.3) is 0 Å². The van der Waals surface area contributed by atoms with Gasteiger partial charge in [0.25, 0.3) is 0 Å². The number of hydrogen-bond acceptors (Lipinski definition) is 8. The SMILES string of the molecule is C=CN=C.N=CCC(=N)c1cc(Nc2ccnc(N)n2)ccc1N. The number of nitrogens with one attached hydrogen (secondary N) is 3. The van der Waals surface area contributed by atoms with E-state index in [4.69, 9.17) is 22.3 Å². The van der Waals surface area contributed by atoms with E-state index in [1.54, 1.807) is 30.5 Å². The lowest BCUT2D eigenvalue weighted by Gasteiger charge is -2.10. The highest BCUT2D eigenvalue weighted by Crippen LogP contribution is 2.21. The summed E-state index contributed by atoms with van der Waals surface area (Å²) >= 11 is 0. The number of aliphatic imine (C=N–C) groups is 1. The molecule has 0 radical (unpaired) electrons. The minimum Gasteiger partial charge on any atom is -0.398 e. The van der Waals surface area contributed by atoms with E-state index in [9.17, 15) is 0 Å². The van der Waals surface area contributed by atoms with E-state index in [2.05, 4.69) is 33.6 Å². The Morgan fingerprint density at radius 1 is 1.33 bits per heavy atom. The number of nitrogen functional groups attached to an aromatic ring is 2. The van der Waals surface area contributed by atoms with Gasteiger partial charge in [0.1, 0.15) is 5.82 Å².